The van der Waals surface area contributed by atoms with Crippen molar-refractivity contribution in [3.05, 3.63) is 48.6 Å². The molecule has 0 saturated carbocycles. The van der Waals surface area contributed by atoms with E-state index in [0.717, 1.165) is 70.6 Å². The van der Waals surface area contributed by atoms with E-state index in [1.54, 1.807) is 0 Å². The Morgan fingerprint density at radius 2 is 1.02 bits per heavy atom. The molecule has 0 fully saturated rings. The van der Waals surface area contributed by atoms with Gasteiger partial charge >= 0.3 is 13.8 Å². The van der Waals surface area contributed by atoms with Gasteiger partial charge in [-0.1, -0.05) is 184 Å². The van der Waals surface area contributed by atoms with Crippen molar-refractivity contribution in [1.82, 2.24) is 0 Å². The van der Waals surface area contributed by atoms with Gasteiger partial charge in [0.25, 0.3) is 0 Å². The van der Waals surface area contributed by atoms with Gasteiger partial charge in [-0.2, -0.15) is 0 Å². The maximum atomic E-state index is 12.6. The number of hydrogen-bond acceptors (Lipinski definition) is 8. The minimum absolute atomic E-state index is 0.0428. The molecule has 0 amide bonds. The lowest BCUT2D eigenvalue weighted by Crippen LogP contribution is -2.29. The second-order valence-corrected chi connectivity index (χ2v) is 16.5. The van der Waals surface area contributed by atoms with Crippen molar-refractivity contribution >= 4 is 13.8 Å². The first-order valence-corrected chi connectivity index (χ1v) is 24.1. The molecule has 0 bridgehead atoms. The normalized spacial score (nSPS) is 14.4. The lowest BCUT2D eigenvalue weighted by Gasteiger charge is -2.20. The standard InChI is InChI=1S/C46H85O9P/c1-3-5-7-9-11-13-15-17-19-20-21-22-23-25-27-29-31-33-35-37-39-52-42-45(43-54-56(50,51)53-41-44(48)40-47)55-46(49)38-36-34-32-30-28-26-24-18-16-14-12-10-8-6-4-2/h5,7,11,13,17,19,21-22,44-45,47-48H,3-4,6,8-10,12,14-16,18,20,23-43H2,1-2H3,(H,50,51)/b7-5-,13-11-,19-17-,22-21-. The van der Waals surface area contributed by atoms with Crippen molar-refractivity contribution < 1.29 is 43.0 Å². The van der Waals surface area contributed by atoms with Crippen LogP contribution < -0.4 is 0 Å². The van der Waals surface area contributed by atoms with Gasteiger partial charge < -0.3 is 24.6 Å². The topological polar surface area (TPSA) is 132 Å². The summed E-state index contributed by atoms with van der Waals surface area (Å²) < 4.78 is 33.4. The molecule has 56 heavy (non-hydrogen) atoms. The first-order valence-electron chi connectivity index (χ1n) is 22.6. The zero-order valence-electron chi connectivity index (χ0n) is 35.8. The molecular formula is C46H85O9P. The minimum Gasteiger partial charge on any atom is -0.457 e. The van der Waals surface area contributed by atoms with Crippen LogP contribution in [0.1, 0.15) is 194 Å². The molecule has 3 atom stereocenters. The van der Waals surface area contributed by atoms with E-state index in [9.17, 15) is 19.4 Å². The maximum absolute atomic E-state index is 12.6. The fraction of sp³-hybridized carbons (Fsp3) is 0.804. The molecule has 0 aliphatic heterocycles. The summed E-state index contributed by atoms with van der Waals surface area (Å²) in [6.07, 6.45) is 47.8. The highest BCUT2D eigenvalue weighted by Gasteiger charge is 2.26. The lowest BCUT2D eigenvalue weighted by molar-refractivity contribution is -0.154. The second-order valence-electron chi connectivity index (χ2n) is 15.0. The number of hydrogen-bond donors (Lipinski definition) is 3. The summed E-state index contributed by atoms with van der Waals surface area (Å²) in [5, 5.41) is 18.4. The first kappa shape index (κ1) is 54.4. The molecule has 0 aliphatic rings. The van der Waals surface area contributed by atoms with Crippen molar-refractivity contribution in [1.29, 1.82) is 0 Å². The van der Waals surface area contributed by atoms with Crippen LogP contribution in [-0.4, -0.2) is 66.3 Å². The zero-order chi connectivity index (χ0) is 41.1. The van der Waals surface area contributed by atoms with Crippen LogP contribution in [0.15, 0.2) is 48.6 Å². The van der Waals surface area contributed by atoms with Crippen molar-refractivity contribution in [2.75, 3.05) is 33.0 Å². The van der Waals surface area contributed by atoms with Crippen molar-refractivity contribution in [2.45, 2.75) is 206 Å². The minimum atomic E-state index is -4.52. The van der Waals surface area contributed by atoms with E-state index < -0.39 is 33.2 Å². The van der Waals surface area contributed by atoms with Crippen LogP contribution in [0.4, 0.5) is 0 Å². The Labute approximate surface area is 343 Å². The van der Waals surface area contributed by atoms with E-state index in [-0.39, 0.29) is 25.6 Å². The number of phosphoric acid groups is 1. The Morgan fingerprint density at radius 3 is 1.54 bits per heavy atom. The number of ether oxygens (including phenoxy) is 2. The van der Waals surface area contributed by atoms with Crippen molar-refractivity contribution in [3.63, 3.8) is 0 Å². The molecule has 10 heteroatoms. The summed E-state index contributed by atoms with van der Waals surface area (Å²) in [5.41, 5.74) is 0. The Kier molecular flexibility index (Phi) is 41.8. The largest absolute Gasteiger partial charge is 0.472 e. The number of carbonyl (C=O) groups excluding carboxylic acids is 1. The number of phosphoric ester groups is 1. The number of rotatable bonds is 43. The molecule has 0 heterocycles. The molecule has 328 valence electrons. The molecule has 3 unspecified atom stereocenters. The molecule has 0 radical (unpaired) electrons. The number of allylic oxidation sites excluding steroid dienone is 8. The van der Waals surface area contributed by atoms with Gasteiger partial charge in [-0.25, -0.2) is 4.57 Å². The fourth-order valence-corrected chi connectivity index (χ4v) is 6.90. The monoisotopic (exact) mass is 813 g/mol. The predicted octanol–water partition coefficient (Wildman–Crippen LogP) is 12.6. The molecular weight excluding hydrogens is 727 g/mol. The third-order valence-corrected chi connectivity index (χ3v) is 10.5. The number of aliphatic hydroxyl groups excluding tert-OH is 2. The zero-order valence-corrected chi connectivity index (χ0v) is 36.7. The summed E-state index contributed by atoms with van der Waals surface area (Å²) in [5.74, 6) is -0.386. The third-order valence-electron chi connectivity index (χ3n) is 9.53. The molecule has 3 N–H and O–H groups in total. The van der Waals surface area contributed by atoms with E-state index >= 15 is 0 Å². The predicted molar refractivity (Wildman–Crippen MR) is 233 cm³/mol. The Bertz CT molecular complexity index is 1010. The highest BCUT2D eigenvalue weighted by Crippen LogP contribution is 2.43. The average molecular weight is 813 g/mol. The summed E-state index contributed by atoms with van der Waals surface area (Å²) in [6.45, 7) is 3.40. The van der Waals surface area contributed by atoms with Crippen LogP contribution in [0.2, 0.25) is 0 Å². The molecule has 0 aromatic carbocycles. The molecule has 0 aromatic heterocycles. The quantitative estimate of drug-likeness (QED) is 0.0238. The Balaban J connectivity index is 4.15. The SMILES string of the molecule is CC/C=C\C/C=C\C/C=C\C/C=C\CCCCCCCCCOCC(COP(=O)(O)OCC(O)CO)OC(=O)CCCCCCCCCCCCCCCCC. The summed E-state index contributed by atoms with van der Waals surface area (Å²) in [4.78, 5) is 22.6. The van der Waals surface area contributed by atoms with Crippen molar-refractivity contribution in [2.24, 2.45) is 0 Å². The van der Waals surface area contributed by atoms with Crippen LogP contribution in [0.5, 0.6) is 0 Å². The first-order chi connectivity index (χ1) is 27.3. The maximum Gasteiger partial charge on any atom is 0.472 e. The van der Waals surface area contributed by atoms with Gasteiger partial charge in [-0.15, -0.1) is 0 Å². The van der Waals surface area contributed by atoms with Gasteiger partial charge in [0, 0.05) is 13.0 Å². The van der Waals surface area contributed by atoms with Crippen LogP contribution in [0.25, 0.3) is 0 Å². The second kappa shape index (κ2) is 43.0. The van der Waals surface area contributed by atoms with Gasteiger partial charge in [-0.05, 0) is 51.4 Å². The van der Waals surface area contributed by atoms with Crippen LogP contribution in [0, 0.1) is 0 Å². The Hall–Kier alpha value is -1.58. The lowest BCUT2D eigenvalue weighted by atomic mass is 10.0. The smallest absolute Gasteiger partial charge is 0.457 e. The molecule has 0 spiro atoms. The molecule has 0 saturated heterocycles. The molecule has 0 aromatic rings. The van der Waals surface area contributed by atoms with Crippen molar-refractivity contribution in [3.8, 4) is 0 Å². The van der Waals surface area contributed by atoms with Gasteiger partial charge in [0.2, 0.25) is 0 Å². The summed E-state index contributed by atoms with van der Waals surface area (Å²) in [6, 6.07) is 0. The highest BCUT2D eigenvalue weighted by molar-refractivity contribution is 7.47. The number of aliphatic hydroxyl groups is 2. The molecule has 0 rings (SSSR count). The number of unbranched alkanes of at least 4 members (excludes halogenated alkanes) is 21. The van der Waals surface area contributed by atoms with E-state index in [2.05, 4.69) is 62.5 Å². The van der Waals surface area contributed by atoms with E-state index in [4.69, 9.17) is 23.6 Å². The fourth-order valence-electron chi connectivity index (χ4n) is 6.11. The average Bonchev–Trinajstić information content (AvgIpc) is 3.19. The van der Waals surface area contributed by atoms with Gasteiger partial charge in [0.05, 0.1) is 26.4 Å². The van der Waals surface area contributed by atoms with Gasteiger partial charge in [-0.3, -0.25) is 13.8 Å². The van der Waals surface area contributed by atoms with E-state index in [1.165, 1.54) is 103 Å². The third kappa shape index (κ3) is 42.0. The summed E-state index contributed by atoms with van der Waals surface area (Å²) in [7, 11) is -4.52. The van der Waals surface area contributed by atoms with Crippen LogP contribution >= 0.6 is 7.82 Å². The number of esters is 1. The van der Waals surface area contributed by atoms with E-state index in [0.29, 0.717) is 6.61 Å². The van der Waals surface area contributed by atoms with Gasteiger partial charge in [0.1, 0.15) is 12.2 Å². The summed E-state index contributed by atoms with van der Waals surface area (Å²) >= 11 is 0. The highest BCUT2D eigenvalue weighted by atomic mass is 31.2. The van der Waals surface area contributed by atoms with Gasteiger partial charge in [0.15, 0.2) is 0 Å². The van der Waals surface area contributed by atoms with E-state index in [1.807, 2.05) is 0 Å². The number of carbonyl (C=O) groups is 1. The van der Waals surface area contributed by atoms with Crippen LogP contribution in [0.3, 0.4) is 0 Å². The Morgan fingerprint density at radius 1 is 0.571 bits per heavy atom. The molecule has 0 aliphatic carbocycles. The molecule has 9 nitrogen and oxygen atoms in total. The van der Waals surface area contributed by atoms with Crippen LogP contribution in [-0.2, 0) is 27.9 Å².